The van der Waals surface area contributed by atoms with Crippen molar-refractivity contribution in [2.45, 2.75) is 6.42 Å². The van der Waals surface area contributed by atoms with Crippen LogP contribution in [0, 0.1) is 5.82 Å². The summed E-state index contributed by atoms with van der Waals surface area (Å²) >= 11 is 0. The highest BCUT2D eigenvalue weighted by atomic mass is 19.1. The van der Waals surface area contributed by atoms with Crippen LogP contribution in [-0.4, -0.2) is 85.9 Å². The second-order valence-electron chi connectivity index (χ2n) is 6.58. The lowest BCUT2D eigenvalue weighted by atomic mass is 10.2. The van der Waals surface area contributed by atoms with Gasteiger partial charge >= 0.3 is 0 Å². The number of piperazine rings is 2. The van der Waals surface area contributed by atoms with E-state index in [4.69, 9.17) is 0 Å². The van der Waals surface area contributed by atoms with Gasteiger partial charge in [0.05, 0.1) is 0 Å². The molecule has 1 aromatic rings. The number of amides is 2. The standard InChI is InChI=1S/C18H25FN4O2/c19-16-1-3-17(4-2-16)22-11-7-20(8-12-22)6-5-18(25)23-13-9-21(15-24)10-14-23/h1-4,15H,5-14H2. The van der Waals surface area contributed by atoms with Gasteiger partial charge in [-0.25, -0.2) is 4.39 Å². The molecule has 25 heavy (non-hydrogen) atoms. The first-order valence-electron chi connectivity index (χ1n) is 8.86. The zero-order valence-corrected chi connectivity index (χ0v) is 14.4. The Labute approximate surface area is 147 Å². The second-order valence-corrected chi connectivity index (χ2v) is 6.58. The quantitative estimate of drug-likeness (QED) is 0.733. The summed E-state index contributed by atoms with van der Waals surface area (Å²) in [5, 5.41) is 0. The third-order valence-corrected chi connectivity index (χ3v) is 5.02. The molecular formula is C18H25FN4O2. The lowest BCUT2D eigenvalue weighted by Crippen LogP contribution is -2.50. The number of carbonyl (C=O) groups excluding carboxylic acids is 2. The first-order chi connectivity index (χ1) is 12.2. The normalized spacial score (nSPS) is 19.2. The monoisotopic (exact) mass is 348 g/mol. The molecule has 3 rings (SSSR count). The molecule has 0 radical (unpaired) electrons. The maximum absolute atomic E-state index is 13.0. The maximum atomic E-state index is 13.0. The first kappa shape index (κ1) is 17.7. The van der Waals surface area contributed by atoms with E-state index in [1.165, 1.54) is 12.1 Å². The Kier molecular flexibility index (Phi) is 5.86. The molecule has 0 N–H and O–H groups in total. The number of anilines is 1. The third kappa shape index (κ3) is 4.69. The number of benzene rings is 1. The van der Waals surface area contributed by atoms with E-state index in [-0.39, 0.29) is 11.7 Å². The van der Waals surface area contributed by atoms with Crippen LogP contribution in [0.4, 0.5) is 10.1 Å². The third-order valence-electron chi connectivity index (χ3n) is 5.02. The number of halogens is 1. The highest BCUT2D eigenvalue weighted by Gasteiger charge is 2.22. The molecule has 6 nitrogen and oxygen atoms in total. The van der Waals surface area contributed by atoms with Gasteiger partial charge in [-0.2, -0.15) is 0 Å². The molecular weight excluding hydrogens is 323 g/mol. The van der Waals surface area contributed by atoms with Crippen LogP contribution in [0.1, 0.15) is 6.42 Å². The molecule has 2 saturated heterocycles. The molecule has 2 amide bonds. The van der Waals surface area contributed by atoms with E-state index in [2.05, 4.69) is 9.80 Å². The van der Waals surface area contributed by atoms with Crippen molar-refractivity contribution in [2.75, 3.05) is 63.8 Å². The largest absolute Gasteiger partial charge is 0.369 e. The number of carbonyl (C=O) groups is 2. The van der Waals surface area contributed by atoms with Crippen LogP contribution in [0.25, 0.3) is 0 Å². The summed E-state index contributed by atoms with van der Waals surface area (Å²) in [6.45, 7) is 6.88. The molecule has 0 aliphatic carbocycles. The van der Waals surface area contributed by atoms with Crippen LogP contribution < -0.4 is 4.90 Å². The van der Waals surface area contributed by atoms with E-state index in [1.54, 1.807) is 4.90 Å². The molecule has 0 spiro atoms. The van der Waals surface area contributed by atoms with Gasteiger partial charge in [0, 0.05) is 71.0 Å². The molecule has 7 heteroatoms. The molecule has 0 aromatic heterocycles. The lowest BCUT2D eigenvalue weighted by molar-refractivity contribution is -0.135. The lowest BCUT2D eigenvalue weighted by Gasteiger charge is -2.37. The minimum atomic E-state index is -0.213. The molecule has 2 aliphatic rings. The molecule has 1 aromatic carbocycles. The molecule has 136 valence electrons. The summed E-state index contributed by atoms with van der Waals surface area (Å²) in [6, 6.07) is 6.61. The summed E-state index contributed by atoms with van der Waals surface area (Å²) in [5.74, 6) is -0.0404. The van der Waals surface area contributed by atoms with Crippen molar-refractivity contribution >= 4 is 18.0 Å². The van der Waals surface area contributed by atoms with E-state index in [9.17, 15) is 14.0 Å². The number of rotatable bonds is 5. The van der Waals surface area contributed by atoms with Gasteiger partial charge in [-0.15, -0.1) is 0 Å². The van der Waals surface area contributed by atoms with Crippen molar-refractivity contribution in [1.82, 2.24) is 14.7 Å². The van der Waals surface area contributed by atoms with Gasteiger partial charge < -0.3 is 14.7 Å². The van der Waals surface area contributed by atoms with Crippen molar-refractivity contribution in [2.24, 2.45) is 0 Å². The van der Waals surface area contributed by atoms with E-state index in [1.807, 2.05) is 17.0 Å². The molecule has 0 bridgehead atoms. The van der Waals surface area contributed by atoms with Crippen molar-refractivity contribution in [3.8, 4) is 0 Å². The summed E-state index contributed by atoms with van der Waals surface area (Å²) in [4.78, 5) is 31.1. The zero-order chi connectivity index (χ0) is 17.6. The fraction of sp³-hybridized carbons (Fsp3) is 0.556. The van der Waals surface area contributed by atoms with Crippen molar-refractivity contribution in [3.05, 3.63) is 30.1 Å². The van der Waals surface area contributed by atoms with Gasteiger partial charge in [0.25, 0.3) is 0 Å². The van der Waals surface area contributed by atoms with Gasteiger partial charge in [-0.1, -0.05) is 0 Å². The van der Waals surface area contributed by atoms with Crippen molar-refractivity contribution < 1.29 is 14.0 Å². The Hall–Kier alpha value is -2.15. The first-order valence-corrected chi connectivity index (χ1v) is 8.86. The number of hydrogen-bond acceptors (Lipinski definition) is 4. The van der Waals surface area contributed by atoms with E-state index in [0.717, 1.165) is 44.8 Å². The Balaban J connectivity index is 1.38. The van der Waals surface area contributed by atoms with E-state index >= 15 is 0 Å². The molecule has 2 aliphatic heterocycles. The topological polar surface area (TPSA) is 47.1 Å². The van der Waals surface area contributed by atoms with Gasteiger partial charge in [0.15, 0.2) is 0 Å². The van der Waals surface area contributed by atoms with Crippen LogP contribution in [0.3, 0.4) is 0 Å². The smallest absolute Gasteiger partial charge is 0.223 e. The molecule has 2 fully saturated rings. The summed E-state index contributed by atoms with van der Waals surface area (Å²) in [5.41, 5.74) is 1.05. The SMILES string of the molecule is O=CN1CCN(C(=O)CCN2CCN(c3ccc(F)cc3)CC2)CC1. The molecule has 0 unspecified atom stereocenters. The zero-order valence-electron chi connectivity index (χ0n) is 14.4. The van der Waals surface area contributed by atoms with Crippen molar-refractivity contribution in [1.29, 1.82) is 0 Å². The Morgan fingerprint density at radius 2 is 1.60 bits per heavy atom. The summed E-state index contributed by atoms with van der Waals surface area (Å²) in [6.07, 6.45) is 1.38. The van der Waals surface area contributed by atoms with Crippen LogP contribution in [0.5, 0.6) is 0 Å². The predicted octanol–water partition coefficient (Wildman–Crippen LogP) is 0.638. The minimum absolute atomic E-state index is 0.173. The fourth-order valence-electron chi connectivity index (χ4n) is 3.37. The van der Waals surface area contributed by atoms with Gasteiger partial charge in [0.1, 0.15) is 5.82 Å². The van der Waals surface area contributed by atoms with Crippen LogP contribution in [0.15, 0.2) is 24.3 Å². The summed E-state index contributed by atoms with van der Waals surface area (Å²) in [7, 11) is 0. The van der Waals surface area contributed by atoms with E-state index < -0.39 is 0 Å². The average molecular weight is 348 g/mol. The van der Waals surface area contributed by atoms with E-state index in [0.29, 0.717) is 32.6 Å². The van der Waals surface area contributed by atoms with Crippen LogP contribution in [-0.2, 0) is 9.59 Å². The molecule has 0 atom stereocenters. The van der Waals surface area contributed by atoms with Crippen molar-refractivity contribution in [3.63, 3.8) is 0 Å². The molecule has 2 heterocycles. The Bertz CT molecular complexity index is 579. The fourth-order valence-corrected chi connectivity index (χ4v) is 3.37. The Morgan fingerprint density at radius 1 is 0.960 bits per heavy atom. The van der Waals surface area contributed by atoms with Gasteiger partial charge in [0.2, 0.25) is 12.3 Å². The second kappa shape index (κ2) is 8.29. The highest BCUT2D eigenvalue weighted by Crippen LogP contribution is 2.17. The van der Waals surface area contributed by atoms with Gasteiger partial charge in [-0.3, -0.25) is 14.5 Å². The average Bonchev–Trinajstić information content (AvgIpc) is 2.67. The maximum Gasteiger partial charge on any atom is 0.223 e. The summed E-state index contributed by atoms with van der Waals surface area (Å²) < 4.78 is 13.0. The Morgan fingerprint density at radius 3 is 2.20 bits per heavy atom. The minimum Gasteiger partial charge on any atom is -0.369 e. The highest BCUT2D eigenvalue weighted by molar-refractivity contribution is 5.76. The van der Waals surface area contributed by atoms with Crippen LogP contribution in [0.2, 0.25) is 0 Å². The number of hydrogen-bond donors (Lipinski definition) is 0. The molecule has 0 saturated carbocycles. The predicted molar refractivity (Wildman–Crippen MR) is 93.9 cm³/mol. The van der Waals surface area contributed by atoms with Crippen LogP contribution >= 0.6 is 0 Å². The van der Waals surface area contributed by atoms with Gasteiger partial charge in [-0.05, 0) is 24.3 Å². The number of nitrogens with zero attached hydrogens (tertiary/aromatic N) is 4.